The molecule has 1 aliphatic rings. The molecule has 2 heterocycles. The molecule has 0 aliphatic carbocycles. The first kappa shape index (κ1) is 17.0. The van der Waals surface area contributed by atoms with Gasteiger partial charge in [0, 0.05) is 12.5 Å². The number of rotatable bonds is 5. The standard InChI is InChI=1S/C18H21ClN2O3/c1-12-15(10-21-8-6-13(11-22)7-9-21)20-18(24-12)17-14(19)4-3-5-16(17)23-2/h3-5,11,13H,6-10H2,1-2H3. The number of piperidine rings is 1. The summed E-state index contributed by atoms with van der Waals surface area (Å²) in [6, 6.07) is 5.46. The number of aryl methyl sites for hydroxylation is 1. The first-order valence-electron chi connectivity index (χ1n) is 8.09. The largest absolute Gasteiger partial charge is 0.496 e. The van der Waals surface area contributed by atoms with Crippen LogP contribution in [0, 0.1) is 12.8 Å². The molecule has 0 spiro atoms. The van der Waals surface area contributed by atoms with E-state index >= 15 is 0 Å². The monoisotopic (exact) mass is 348 g/mol. The fourth-order valence-corrected chi connectivity index (χ4v) is 3.27. The van der Waals surface area contributed by atoms with Gasteiger partial charge in [0.25, 0.3) is 0 Å². The van der Waals surface area contributed by atoms with Gasteiger partial charge in [-0.15, -0.1) is 0 Å². The lowest BCUT2D eigenvalue weighted by molar-refractivity contribution is -0.112. The Kier molecular flexibility index (Phi) is 5.21. The maximum Gasteiger partial charge on any atom is 0.231 e. The van der Waals surface area contributed by atoms with E-state index < -0.39 is 0 Å². The van der Waals surface area contributed by atoms with Gasteiger partial charge in [0.15, 0.2) is 0 Å². The van der Waals surface area contributed by atoms with Crippen molar-refractivity contribution >= 4 is 17.9 Å². The Balaban J connectivity index is 1.80. The fourth-order valence-electron chi connectivity index (χ4n) is 3.02. The third-order valence-corrected chi connectivity index (χ3v) is 4.81. The first-order valence-corrected chi connectivity index (χ1v) is 8.47. The number of methoxy groups -OCH3 is 1. The average molecular weight is 349 g/mol. The molecular formula is C18H21ClN2O3. The van der Waals surface area contributed by atoms with Crippen LogP contribution in [0.1, 0.15) is 24.3 Å². The molecular weight excluding hydrogens is 328 g/mol. The van der Waals surface area contributed by atoms with E-state index in [1.807, 2.05) is 19.1 Å². The number of ether oxygens (including phenoxy) is 1. The smallest absolute Gasteiger partial charge is 0.231 e. The number of aldehydes is 1. The highest BCUT2D eigenvalue weighted by molar-refractivity contribution is 6.33. The van der Waals surface area contributed by atoms with E-state index in [1.54, 1.807) is 13.2 Å². The molecule has 0 atom stereocenters. The molecule has 1 saturated heterocycles. The quantitative estimate of drug-likeness (QED) is 0.771. The third-order valence-electron chi connectivity index (χ3n) is 4.50. The van der Waals surface area contributed by atoms with Crippen LogP contribution in [0.5, 0.6) is 5.75 Å². The van der Waals surface area contributed by atoms with Crippen molar-refractivity contribution in [3.63, 3.8) is 0 Å². The van der Waals surface area contributed by atoms with Gasteiger partial charge in [0.05, 0.1) is 23.4 Å². The second kappa shape index (κ2) is 7.36. The van der Waals surface area contributed by atoms with Gasteiger partial charge in [-0.25, -0.2) is 4.98 Å². The number of aromatic nitrogens is 1. The second-order valence-electron chi connectivity index (χ2n) is 6.09. The topological polar surface area (TPSA) is 55.6 Å². The molecule has 0 N–H and O–H groups in total. The highest BCUT2D eigenvalue weighted by Crippen LogP contribution is 2.36. The summed E-state index contributed by atoms with van der Waals surface area (Å²) in [5.74, 6) is 2.10. The number of oxazole rings is 1. The van der Waals surface area contributed by atoms with Gasteiger partial charge in [0.2, 0.25) is 5.89 Å². The van der Waals surface area contributed by atoms with E-state index in [-0.39, 0.29) is 5.92 Å². The van der Waals surface area contributed by atoms with E-state index in [2.05, 4.69) is 9.88 Å². The zero-order valence-electron chi connectivity index (χ0n) is 13.9. The molecule has 1 fully saturated rings. The molecule has 6 heteroatoms. The Bertz CT molecular complexity index is 721. The lowest BCUT2D eigenvalue weighted by atomic mass is 9.98. The van der Waals surface area contributed by atoms with Gasteiger partial charge >= 0.3 is 0 Å². The normalized spacial score (nSPS) is 16.3. The van der Waals surface area contributed by atoms with Crippen molar-refractivity contribution in [3.05, 3.63) is 34.7 Å². The number of nitrogens with zero attached hydrogens (tertiary/aromatic N) is 2. The lowest BCUT2D eigenvalue weighted by Crippen LogP contribution is -2.33. The molecule has 24 heavy (non-hydrogen) atoms. The van der Waals surface area contributed by atoms with Crippen molar-refractivity contribution in [2.75, 3.05) is 20.2 Å². The van der Waals surface area contributed by atoms with Crippen LogP contribution in [-0.4, -0.2) is 36.4 Å². The SMILES string of the molecule is COc1cccc(Cl)c1-c1nc(CN2CCC(C=O)CC2)c(C)o1. The highest BCUT2D eigenvalue weighted by atomic mass is 35.5. The van der Waals surface area contributed by atoms with Crippen molar-refractivity contribution in [3.8, 4) is 17.2 Å². The number of benzene rings is 1. The fraction of sp³-hybridized carbons (Fsp3) is 0.444. The average Bonchev–Trinajstić information content (AvgIpc) is 2.95. The lowest BCUT2D eigenvalue weighted by Gasteiger charge is -2.28. The molecule has 0 bridgehead atoms. The van der Waals surface area contributed by atoms with Crippen molar-refractivity contribution < 1.29 is 13.9 Å². The molecule has 1 aromatic heterocycles. The van der Waals surface area contributed by atoms with Crippen molar-refractivity contribution in [1.29, 1.82) is 0 Å². The summed E-state index contributed by atoms with van der Waals surface area (Å²) in [5.41, 5.74) is 1.58. The van der Waals surface area contributed by atoms with E-state index in [1.165, 1.54) is 0 Å². The number of carbonyl (C=O) groups is 1. The highest BCUT2D eigenvalue weighted by Gasteiger charge is 2.22. The van der Waals surface area contributed by atoms with Crippen LogP contribution in [0.15, 0.2) is 22.6 Å². The number of halogens is 1. The first-order chi connectivity index (χ1) is 11.6. The second-order valence-corrected chi connectivity index (χ2v) is 6.50. The van der Waals surface area contributed by atoms with Crippen LogP contribution in [0.25, 0.3) is 11.5 Å². The number of hydrogen-bond acceptors (Lipinski definition) is 5. The molecule has 2 aromatic rings. The molecule has 0 radical (unpaired) electrons. The number of carbonyl (C=O) groups excluding carboxylic acids is 1. The minimum atomic E-state index is 0.197. The van der Waals surface area contributed by atoms with Crippen molar-refractivity contribution in [2.24, 2.45) is 5.92 Å². The Morgan fingerprint density at radius 3 is 2.83 bits per heavy atom. The predicted molar refractivity (Wildman–Crippen MR) is 92.3 cm³/mol. The van der Waals surface area contributed by atoms with Gasteiger partial charge in [0.1, 0.15) is 17.8 Å². The number of hydrogen-bond donors (Lipinski definition) is 0. The molecule has 1 aromatic carbocycles. The Morgan fingerprint density at radius 2 is 2.17 bits per heavy atom. The summed E-state index contributed by atoms with van der Waals surface area (Å²) in [6.45, 7) is 4.43. The van der Waals surface area contributed by atoms with Gasteiger partial charge in [-0.3, -0.25) is 4.90 Å². The molecule has 128 valence electrons. The number of likely N-dealkylation sites (tertiary alicyclic amines) is 1. The van der Waals surface area contributed by atoms with Crippen LogP contribution in [-0.2, 0) is 11.3 Å². The van der Waals surface area contributed by atoms with Gasteiger partial charge in [-0.2, -0.15) is 0 Å². The summed E-state index contributed by atoms with van der Waals surface area (Å²) in [5, 5.41) is 0.550. The summed E-state index contributed by atoms with van der Waals surface area (Å²) in [6.07, 6.45) is 2.89. The van der Waals surface area contributed by atoms with Crippen LogP contribution >= 0.6 is 11.6 Å². The Labute approximate surface area is 146 Å². The zero-order valence-corrected chi connectivity index (χ0v) is 14.7. The minimum absolute atomic E-state index is 0.197. The van der Waals surface area contributed by atoms with E-state index in [0.29, 0.717) is 28.8 Å². The molecule has 0 amide bonds. The summed E-state index contributed by atoms with van der Waals surface area (Å²) in [4.78, 5) is 17.8. The van der Waals surface area contributed by atoms with Crippen LogP contribution in [0.4, 0.5) is 0 Å². The molecule has 5 nitrogen and oxygen atoms in total. The molecule has 0 unspecified atom stereocenters. The maximum absolute atomic E-state index is 10.9. The van der Waals surface area contributed by atoms with E-state index in [4.69, 9.17) is 20.8 Å². The molecule has 1 aliphatic heterocycles. The summed E-state index contributed by atoms with van der Waals surface area (Å²) in [7, 11) is 1.60. The molecule has 3 rings (SSSR count). The van der Waals surface area contributed by atoms with Gasteiger partial charge < -0.3 is 13.9 Å². The van der Waals surface area contributed by atoms with Crippen LogP contribution < -0.4 is 4.74 Å². The van der Waals surface area contributed by atoms with E-state index in [9.17, 15) is 4.79 Å². The minimum Gasteiger partial charge on any atom is -0.496 e. The Hall–Kier alpha value is -1.85. The van der Waals surface area contributed by atoms with Gasteiger partial charge in [-0.1, -0.05) is 17.7 Å². The van der Waals surface area contributed by atoms with Crippen molar-refractivity contribution in [1.82, 2.24) is 9.88 Å². The zero-order chi connectivity index (χ0) is 17.1. The Morgan fingerprint density at radius 1 is 1.42 bits per heavy atom. The van der Waals surface area contributed by atoms with Crippen molar-refractivity contribution in [2.45, 2.75) is 26.3 Å². The van der Waals surface area contributed by atoms with E-state index in [0.717, 1.165) is 43.7 Å². The third kappa shape index (κ3) is 3.47. The summed E-state index contributed by atoms with van der Waals surface area (Å²) >= 11 is 6.30. The van der Waals surface area contributed by atoms with Gasteiger partial charge in [-0.05, 0) is 45.0 Å². The van der Waals surface area contributed by atoms with Crippen LogP contribution in [0.3, 0.4) is 0 Å². The van der Waals surface area contributed by atoms with Crippen LogP contribution in [0.2, 0.25) is 5.02 Å². The molecule has 0 saturated carbocycles. The predicted octanol–water partition coefficient (Wildman–Crippen LogP) is 3.72. The summed E-state index contributed by atoms with van der Waals surface area (Å²) < 4.78 is 11.2. The maximum atomic E-state index is 10.9.